The number of nitrogens with zero attached hydrogens (tertiary/aromatic N) is 1. The molecule has 0 radical (unpaired) electrons. The van der Waals surface area contributed by atoms with Gasteiger partial charge in [0.15, 0.2) is 0 Å². The Morgan fingerprint density at radius 2 is 1.46 bits per heavy atom. The van der Waals surface area contributed by atoms with Crippen LogP contribution in [0.3, 0.4) is 0 Å². The fourth-order valence-electron chi connectivity index (χ4n) is 4.23. The molecule has 208 valence electrons. The summed E-state index contributed by atoms with van der Waals surface area (Å²) in [5, 5.41) is 2.78. The fraction of sp³-hybridized carbons (Fsp3) is 0.296. The van der Waals surface area contributed by atoms with Crippen molar-refractivity contribution in [3.05, 3.63) is 72.8 Å². The van der Waals surface area contributed by atoms with Crippen molar-refractivity contribution >= 4 is 37.3 Å². The molecule has 0 unspecified atom stereocenters. The molecule has 1 saturated heterocycles. The number of amides is 1. The van der Waals surface area contributed by atoms with Crippen LogP contribution in [0, 0.1) is 5.92 Å². The number of carbonyl (C=O) groups is 1. The average Bonchev–Trinajstić information content (AvgIpc) is 2.94. The van der Waals surface area contributed by atoms with E-state index in [1.54, 1.807) is 36.4 Å². The second-order valence-corrected chi connectivity index (χ2v) is 12.6. The van der Waals surface area contributed by atoms with Crippen molar-refractivity contribution < 1.29 is 31.1 Å². The number of ether oxygens (including phenoxy) is 2. The molecule has 39 heavy (non-hydrogen) atoms. The lowest BCUT2D eigenvalue weighted by Gasteiger charge is -2.31. The number of piperidine rings is 1. The van der Waals surface area contributed by atoms with Crippen LogP contribution in [0.2, 0.25) is 0 Å². The number of hydrogen-bond acceptors (Lipinski definition) is 7. The number of benzene rings is 3. The van der Waals surface area contributed by atoms with E-state index in [2.05, 4.69) is 10.0 Å². The Bertz CT molecular complexity index is 1490. The molecule has 0 spiro atoms. The first kappa shape index (κ1) is 28.4. The molecule has 2 N–H and O–H groups in total. The van der Waals surface area contributed by atoms with Gasteiger partial charge in [0.05, 0.1) is 29.4 Å². The maximum atomic E-state index is 13.1. The van der Waals surface area contributed by atoms with E-state index in [0.29, 0.717) is 48.9 Å². The van der Waals surface area contributed by atoms with E-state index in [9.17, 15) is 21.6 Å². The molecule has 1 heterocycles. The summed E-state index contributed by atoms with van der Waals surface area (Å²) in [6, 6.07) is 18.5. The highest BCUT2D eigenvalue weighted by Crippen LogP contribution is 2.26. The molecule has 3 aromatic rings. The highest BCUT2D eigenvalue weighted by Gasteiger charge is 2.33. The molecular weight excluding hydrogens is 542 g/mol. The Balaban J connectivity index is 1.38. The Kier molecular flexibility index (Phi) is 8.78. The zero-order chi connectivity index (χ0) is 28.0. The van der Waals surface area contributed by atoms with Gasteiger partial charge in [-0.25, -0.2) is 16.8 Å². The SMILES string of the molecule is CCOc1ccc(NS(=O)(=O)c2ccc(NC(=O)[C@@H]3CCCN(S(=O)(=O)c4ccc(OC)cc4)C3)cc2)cc1. The topological polar surface area (TPSA) is 131 Å². The summed E-state index contributed by atoms with van der Waals surface area (Å²) in [6.45, 7) is 2.75. The molecule has 0 aliphatic carbocycles. The number of anilines is 2. The second-order valence-electron chi connectivity index (χ2n) is 8.95. The van der Waals surface area contributed by atoms with Gasteiger partial charge < -0.3 is 14.8 Å². The van der Waals surface area contributed by atoms with E-state index >= 15 is 0 Å². The van der Waals surface area contributed by atoms with E-state index in [1.807, 2.05) is 6.92 Å². The van der Waals surface area contributed by atoms with Gasteiger partial charge >= 0.3 is 0 Å². The number of carbonyl (C=O) groups excluding carboxylic acids is 1. The van der Waals surface area contributed by atoms with E-state index in [4.69, 9.17) is 9.47 Å². The van der Waals surface area contributed by atoms with Crippen molar-refractivity contribution in [2.24, 2.45) is 5.92 Å². The molecule has 1 aliphatic heterocycles. The van der Waals surface area contributed by atoms with Crippen LogP contribution >= 0.6 is 0 Å². The summed E-state index contributed by atoms with van der Waals surface area (Å²) in [6.07, 6.45) is 1.08. The predicted octanol–water partition coefficient (Wildman–Crippen LogP) is 3.93. The first-order valence-electron chi connectivity index (χ1n) is 12.4. The van der Waals surface area contributed by atoms with Gasteiger partial charge in [0.1, 0.15) is 11.5 Å². The number of rotatable bonds is 10. The summed E-state index contributed by atoms with van der Waals surface area (Å²) in [5.41, 5.74) is 0.803. The Morgan fingerprint density at radius 3 is 2.08 bits per heavy atom. The van der Waals surface area contributed by atoms with Crippen LogP contribution in [-0.2, 0) is 24.8 Å². The Morgan fingerprint density at radius 1 is 0.872 bits per heavy atom. The summed E-state index contributed by atoms with van der Waals surface area (Å²) in [4.78, 5) is 13.1. The maximum Gasteiger partial charge on any atom is 0.261 e. The number of sulfonamides is 2. The summed E-state index contributed by atoms with van der Waals surface area (Å²) >= 11 is 0. The van der Waals surface area contributed by atoms with Gasteiger partial charge in [-0.05, 0) is 92.6 Å². The molecule has 1 atom stereocenters. The summed E-state index contributed by atoms with van der Waals surface area (Å²) in [5.74, 6) is 0.319. The summed E-state index contributed by atoms with van der Waals surface area (Å²) < 4.78 is 66.1. The number of nitrogens with one attached hydrogen (secondary N) is 2. The molecule has 1 fully saturated rings. The van der Waals surface area contributed by atoms with Gasteiger partial charge in [-0.3, -0.25) is 9.52 Å². The third-order valence-corrected chi connectivity index (χ3v) is 9.58. The molecule has 0 aromatic heterocycles. The first-order valence-corrected chi connectivity index (χ1v) is 15.4. The van der Waals surface area contributed by atoms with E-state index in [1.165, 1.54) is 47.8 Å². The van der Waals surface area contributed by atoms with Gasteiger partial charge in [-0.2, -0.15) is 4.31 Å². The molecule has 12 heteroatoms. The largest absolute Gasteiger partial charge is 0.497 e. The standard InChI is InChI=1S/C27H31N3O7S2/c1-3-37-24-10-6-22(7-11-24)29-38(32,33)25-14-8-21(9-15-25)28-27(31)20-5-4-18-30(19-20)39(34,35)26-16-12-23(36-2)13-17-26/h6-17,20,29H,3-5,18-19H2,1-2H3,(H,28,31)/t20-/m1/s1. The van der Waals surface area contributed by atoms with Crippen molar-refractivity contribution in [1.29, 1.82) is 0 Å². The monoisotopic (exact) mass is 573 g/mol. The highest BCUT2D eigenvalue weighted by molar-refractivity contribution is 7.92. The van der Waals surface area contributed by atoms with Crippen LogP contribution in [0.1, 0.15) is 19.8 Å². The molecule has 1 aliphatic rings. The zero-order valence-corrected chi connectivity index (χ0v) is 23.3. The van der Waals surface area contributed by atoms with Gasteiger partial charge in [-0.15, -0.1) is 0 Å². The second kappa shape index (κ2) is 12.1. The lowest BCUT2D eigenvalue weighted by molar-refractivity contribution is -0.120. The van der Waals surface area contributed by atoms with Crippen molar-refractivity contribution in [2.45, 2.75) is 29.6 Å². The molecule has 0 saturated carbocycles. The van der Waals surface area contributed by atoms with Crippen molar-refractivity contribution in [3.63, 3.8) is 0 Å². The average molecular weight is 574 g/mol. The normalized spacial score (nSPS) is 16.3. The highest BCUT2D eigenvalue weighted by atomic mass is 32.2. The Hall–Kier alpha value is -3.61. The lowest BCUT2D eigenvalue weighted by Crippen LogP contribution is -2.43. The predicted molar refractivity (Wildman–Crippen MR) is 148 cm³/mol. The molecule has 4 rings (SSSR count). The van der Waals surface area contributed by atoms with E-state index in [0.717, 1.165) is 0 Å². The quantitative estimate of drug-likeness (QED) is 0.376. The van der Waals surface area contributed by atoms with Crippen LogP contribution in [0.25, 0.3) is 0 Å². The van der Waals surface area contributed by atoms with Crippen LogP contribution in [0.5, 0.6) is 11.5 Å². The van der Waals surface area contributed by atoms with Crippen LogP contribution in [-0.4, -0.2) is 53.9 Å². The zero-order valence-electron chi connectivity index (χ0n) is 21.7. The smallest absolute Gasteiger partial charge is 0.261 e. The summed E-state index contributed by atoms with van der Waals surface area (Å²) in [7, 11) is -6.10. The minimum Gasteiger partial charge on any atom is -0.497 e. The number of methoxy groups -OCH3 is 1. The van der Waals surface area contributed by atoms with Crippen LogP contribution < -0.4 is 19.5 Å². The first-order chi connectivity index (χ1) is 18.6. The molecule has 1 amide bonds. The van der Waals surface area contributed by atoms with Crippen molar-refractivity contribution in [2.75, 3.05) is 36.8 Å². The Labute approximate surface area is 229 Å². The number of hydrogen-bond donors (Lipinski definition) is 2. The van der Waals surface area contributed by atoms with Gasteiger partial charge in [-0.1, -0.05) is 0 Å². The molecule has 0 bridgehead atoms. The van der Waals surface area contributed by atoms with Crippen LogP contribution in [0.15, 0.2) is 82.6 Å². The van der Waals surface area contributed by atoms with Crippen molar-refractivity contribution in [1.82, 2.24) is 4.31 Å². The minimum atomic E-state index is -3.84. The van der Waals surface area contributed by atoms with E-state index in [-0.39, 0.29) is 22.2 Å². The fourth-order valence-corrected chi connectivity index (χ4v) is 6.82. The third kappa shape index (κ3) is 6.88. The van der Waals surface area contributed by atoms with E-state index < -0.39 is 26.0 Å². The molecule has 3 aromatic carbocycles. The minimum absolute atomic E-state index is 0.0313. The van der Waals surface area contributed by atoms with Gasteiger partial charge in [0.25, 0.3) is 10.0 Å². The van der Waals surface area contributed by atoms with Crippen molar-refractivity contribution in [3.8, 4) is 11.5 Å². The van der Waals surface area contributed by atoms with Crippen LogP contribution in [0.4, 0.5) is 11.4 Å². The van der Waals surface area contributed by atoms with Gasteiger partial charge in [0, 0.05) is 24.5 Å². The molecule has 10 nitrogen and oxygen atoms in total. The molecular formula is C27H31N3O7S2. The third-order valence-electron chi connectivity index (χ3n) is 6.30. The lowest BCUT2D eigenvalue weighted by atomic mass is 9.99. The van der Waals surface area contributed by atoms with Gasteiger partial charge in [0.2, 0.25) is 15.9 Å². The maximum absolute atomic E-state index is 13.1.